The van der Waals surface area contributed by atoms with Gasteiger partial charge in [0.05, 0.1) is 28.7 Å². The largest absolute Gasteiger partial charge is 0.507 e. The number of furan rings is 1. The molecule has 3 rings (SSSR count). The minimum atomic E-state index is -0.247. The molecule has 2 aromatic carbocycles. The second-order valence-corrected chi connectivity index (χ2v) is 6.53. The van der Waals surface area contributed by atoms with Gasteiger partial charge >= 0.3 is 0 Å². The summed E-state index contributed by atoms with van der Waals surface area (Å²) in [5.41, 5.74) is 1.25. The van der Waals surface area contributed by atoms with E-state index in [0.717, 1.165) is 0 Å². The molecule has 1 aromatic heterocycles. The summed E-state index contributed by atoms with van der Waals surface area (Å²) in [5.74, 6) is 0.763. The van der Waals surface area contributed by atoms with Crippen LogP contribution in [-0.4, -0.2) is 25.1 Å². The Hall–Kier alpha value is -1.99. The van der Waals surface area contributed by atoms with E-state index in [1.165, 1.54) is 26.5 Å². The van der Waals surface area contributed by atoms with E-state index >= 15 is 0 Å². The van der Waals surface area contributed by atoms with Gasteiger partial charge in [0.25, 0.3) is 0 Å². The van der Waals surface area contributed by atoms with Crippen LogP contribution in [0.5, 0.6) is 17.2 Å². The summed E-state index contributed by atoms with van der Waals surface area (Å²) in [4.78, 5) is 12.8. The maximum atomic E-state index is 12.8. The number of halogens is 2. The summed E-state index contributed by atoms with van der Waals surface area (Å²) in [6, 6.07) is 6.41. The quantitative estimate of drug-likeness (QED) is 0.566. The van der Waals surface area contributed by atoms with Crippen LogP contribution < -0.4 is 9.47 Å². The number of carbonyl (C=O) groups excluding carboxylic acids is 1. The molecule has 0 spiro atoms. The first-order valence-electron chi connectivity index (χ1n) is 6.82. The Morgan fingerprint density at radius 3 is 2.46 bits per heavy atom. The Morgan fingerprint density at radius 2 is 1.79 bits per heavy atom. The smallest absolute Gasteiger partial charge is 0.197 e. The lowest BCUT2D eigenvalue weighted by atomic mass is 10.0. The molecule has 0 saturated heterocycles. The first kappa shape index (κ1) is 16.9. The van der Waals surface area contributed by atoms with Crippen molar-refractivity contribution in [3.63, 3.8) is 0 Å². The SMILES string of the molecule is COc1ccc(C(=O)c2coc3c(Br)c(Br)c(O)cc23)cc1OC. The summed E-state index contributed by atoms with van der Waals surface area (Å²) < 4.78 is 16.9. The Bertz CT molecular complexity index is 946. The van der Waals surface area contributed by atoms with Crippen LogP contribution in [0, 0.1) is 0 Å². The Balaban J connectivity index is 2.13. The number of aromatic hydroxyl groups is 1. The molecule has 5 nitrogen and oxygen atoms in total. The van der Waals surface area contributed by atoms with E-state index in [1.54, 1.807) is 18.2 Å². The lowest BCUT2D eigenvalue weighted by Gasteiger charge is -2.08. The van der Waals surface area contributed by atoms with Crippen molar-refractivity contribution in [3.05, 3.63) is 50.6 Å². The second kappa shape index (κ2) is 6.49. The lowest BCUT2D eigenvalue weighted by Crippen LogP contribution is -2.01. The molecule has 0 atom stereocenters. The number of ketones is 1. The summed E-state index contributed by atoms with van der Waals surface area (Å²) in [6.45, 7) is 0. The Morgan fingerprint density at radius 1 is 1.08 bits per heavy atom. The van der Waals surface area contributed by atoms with E-state index in [0.29, 0.717) is 42.5 Å². The molecule has 7 heteroatoms. The number of benzene rings is 2. The summed E-state index contributed by atoms with van der Waals surface area (Å²) in [6.07, 6.45) is 1.38. The highest BCUT2D eigenvalue weighted by Gasteiger charge is 2.21. The summed E-state index contributed by atoms with van der Waals surface area (Å²) in [5, 5.41) is 10.5. The van der Waals surface area contributed by atoms with E-state index in [-0.39, 0.29) is 11.5 Å². The van der Waals surface area contributed by atoms with Gasteiger partial charge in [0.1, 0.15) is 17.6 Å². The third-order valence-corrected chi connectivity index (χ3v) is 5.71. The van der Waals surface area contributed by atoms with Gasteiger partial charge in [-0.05, 0) is 56.1 Å². The van der Waals surface area contributed by atoms with Gasteiger partial charge in [0.2, 0.25) is 0 Å². The molecule has 0 aliphatic rings. The number of ether oxygens (including phenoxy) is 2. The molecule has 1 N–H and O–H groups in total. The fourth-order valence-corrected chi connectivity index (χ4v) is 3.21. The van der Waals surface area contributed by atoms with Crippen LogP contribution in [0.3, 0.4) is 0 Å². The second-order valence-electron chi connectivity index (χ2n) is 4.95. The molecule has 1 heterocycles. The average molecular weight is 456 g/mol. The highest BCUT2D eigenvalue weighted by atomic mass is 79.9. The van der Waals surface area contributed by atoms with Gasteiger partial charge in [-0.25, -0.2) is 0 Å². The molecule has 0 saturated carbocycles. The van der Waals surface area contributed by atoms with Crippen LogP contribution in [0.4, 0.5) is 0 Å². The zero-order chi connectivity index (χ0) is 17.4. The van der Waals surface area contributed by atoms with E-state index in [1.807, 2.05) is 0 Å². The third kappa shape index (κ3) is 2.67. The van der Waals surface area contributed by atoms with Crippen LogP contribution in [0.15, 0.2) is 43.9 Å². The Labute approximate surface area is 154 Å². The minimum absolute atomic E-state index is 0.0112. The van der Waals surface area contributed by atoms with Crippen LogP contribution in [-0.2, 0) is 0 Å². The monoisotopic (exact) mass is 454 g/mol. The topological polar surface area (TPSA) is 68.9 Å². The van der Waals surface area contributed by atoms with Crippen molar-refractivity contribution in [2.45, 2.75) is 0 Å². The first-order chi connectivity index (χ1) is 11.5. The van der Waals surface area contributed by atoms with Crippen LogP contribution in [0.2, 0.25) is 0 Å². The van der Waals surface area contributed by atoms with E-state index in [9.17, 15) is 9.90 Å². The van der Waals surface area contributed by atoms with Crippen LogP contribution in [0.25, 0.3) is 11.0 Å². The van der Waals surface area contributed by atoms with E-state index < -0.39 is 0 Å². The molecule has 0 amide bonds. The van der Waals surface area contributed by atoms with Gasteiger partial charge in [-0.3, -0.25) is 4.79 Å². The highest BCUT2D eigenvalue weighted by molar-refractivity contribution is 9.13. The van der Waals surface area contributed by atoms with E-state index in [4.69, 9.17) is 13.9 Å². The molecule has 3 aromatic rings. The maximum Gasteiger partial charge on any atom is 0.197 e. The lowest BCUT2D eigenvalue weighted by molar-refractivity contribution is 0.103. The van der Waals surface area contributed by atoms with Gasteiger partial charge in [0, 0.05) is 10.9 Å². The molecule has 124 valence electrons. The zero-order valence-electron chi connectivity index (χ0n) is 12.7. The van der Waals surface area contributed by atoms with Crippen molar-refractivity contribution in [1.29, 1.82) is 0 Å². The molecule has 0 aliphatic heterocycles. The number of rotatable bonds is 4. The van der Waals surface area contributed by atoms with Crippen molar-refractivity contribution >= 4 is 48.6 Å². The van der Waals surface area contributed by atoms with Gasteiger partial charge in [-0.1, -0.05) is 0 Å². The number of phenolic OH excluding ortho intramolecular Hbond substituents is 1. The van der Waals surface area contributed by atoms with Crippen molar-refractivity contribution in [3.8, 4) is 17.2 Å². The fraction of sp³-hybridized carbons (Fsp3) is 0.118. The van der Waals surface area contributed by atoms with Gasteiger partial charge in [-0.15, -0.1) is 0 Å². The molecular weight excluding hydrogens is 444 g/mol. The summed E-state index contributed by atoms with van der Waals surface area (Å²) >= 11 is 6.60. The number of fused-ring (bicyclic) bond motifs is 1. The van der Waals surface area contributed by atoms with Crippen molar-refractivity contribution < 1.29 is 23.8 Å². The number of carbonyl (C=O) groups is 1. The van der Waals surface area contributed by atoms with E-state index in [2.05, 4.69) is 31.9 Å². The normalized spacial score (nSPS) is 10.8. The number of hydrogen-bond donors (Lipinski definition) is 1. The predicted octanol–water partition coefficient (Wildman–Crippen LogP) is 4.91. The van der Waals surface area contributed by atoms with Gasteiger partial charge < -0.3 is 19.0 Å². The molecule has 0 unspecified atom stereocenters. The third-order valence-electron chi connectivity index (χ3n) is 3.62. The molecular formula is C17H12Br2O5. The number of methoxy groups -OCH3 is 2. The molecule has 24 heavy (non-hydrogen) atoms. The minimum Gasteiger partial charge on any atom is -0.507 e. The maximum absolute atomic E-state index is 12.8. The molecule has 0 aliphatic carbocycles. The van der Waals surface area contributed by atoms with Crippen molar-refractivity contribution in [2.75, 3.05) is 14.2 Å². The highest BCUT2D eigenvalue weighted by Crippen LogP contribution is 2.41. The fourth-order valence-electron chi connectivity index (χ4n) is 2.40. The van der Waals surface area contributed by atoms with Gasteiger partial charge in [0.15, 0.2) is 17.3 Å². The van der Waals surface area contributed by atoms with Crippen LogP contribution in [0.1, 0.15) is 15.9 Å². The molecule has 0 fully saturated rings. The Kier molecular flexibility index (Phi) is 4.56. The predicted molar refractivity (Wildman–Crippen MR) is 96.3 cm³/mol. The molecule has 0 bridgehead atoms. The van der Waals surface area contributed by atoms with Crippen molar-refractivity contribution in [1.82, 2.24) is 0 Å². The van der Waals surface area contributed by atoms with Crippen molar-refractivity contribution in [2.24, 2.45) is 0 Å². The average Bonchev–Trinajstić information content (AvgIpc) is 3.02. The molecule has 0 radical (unpaired) electrons. The number of phenols is 1. The standard InChI is InChI=1S/C17H12Br2O5/c1-22-12-4-3-8(5-13(12)23-2)16(21)10-7-24-17-9(10)6-11(20)14(18)15(17)19/h3-7,20H,1-2H3. The number of hydrogen-bond acceptors (Lipinski definition) is 5. The van der Waals surface area contributed by atoms with Gasteiger partial charge in [-0.2, -0.15) is 0 Å². The zero-order valence-corrected chi connectivity index (χ0v) is 15.9. The van der Waals surface area contributed by atoms with Crippen LogP contribution >= 0.6 is 31.9 Å². The first-order valence-corrected chi connectivity index (χ1v) is 8.41. The summed E-state index contributed by atoms with van der Waals surface area (Å²) in [7, 11) is 3.03.